The van der Waals surface area contributed by atoms with Crippen LogP contribution >= 0.6 is 0 Å². The number of hydrogen-bond donors (Lipinski definition) is 0. The van der Waals surface area contributed by atoms with E-state index in [1.807, 2.05) is 13.0 Å². The van der Waals surface area contributed by atoms with Crippen LogP contribution in [0.25, 0.3) is 16.6 Å². The fourth-order valence-corrected chi connectivity index (χ4v) is 4.38. The molecule has 1 N–H and O–H groups in total. The van der Waals surface area contributed by atoms with Crippen LogP contribution in [0, 0.1) is 6.92 Å². The Morgan fingerprint density at radius 3 is 2.60 bits per heavy atom. The van der Waals surface area contributed by atoms with Crippen LogP contribution in [0.1, 0.15) is 55.6 Å². The Kier molecular flexibility index (Phi) is 4.38. The van der Waals surface area contributed by atoms with Gasteiger partial charge in [-0.05, 0) is 37.0 Å². The van der Waals surface area contributed by atoms with Gasteiger partial charge >= 0.3 is 18.9 Å². The number of hydrogen-bond acceptors (Lipinski definition) is 2. The molecular weight excluding hydrogens is 319 g/mol. The Balaban J connectivity index is 0.00000182. The maximum absolute atomic E-state index is 13.9. The van der Waals surface area contributed by atoms with Crippen molar-refractivity contribution in [2.75, 3.05) is 0 Å². The molecule has 0 radical (unpaired) electrons. The van der Waals surface area contributed by atoms with Crippen LogP contribution in [0.3, 0.4) is 0 Å². The summed E-state index contributed by atoms with van der Waals surface area (Å²) in [5.74, 6) is -2.18. The molecule has 2 aromatic rings. The SMILES string of the molecule is Cc1cc([C@@H](C)[NH-])c2nc3n(c(=O)c2c1)CC[C@]31CCC(F)(F)C1.[Li+]. The van der Waals surface area contributed by atoms with Gasteiger partial charge in [0.2, 0.25) is 5.92 Å². The van der Waals surface area contributed by atoms with Crippen LogP contribution in [0.5, 0.6) is 0 Å². The number of nitrogens with one attached hydrogen (secondary N) is 1. The van der Waals surface area contributed by atoms with Gasteiger partial charge in [-0.15, -0.1) is 6.04 Å². The number of rotatable bonds is 1. The molecule has 25 heavy (non-hydrogen) atoms. The van der Waals surface area contributed by atoms with Crippen molar-refractivity contribution in [1.29, 1.82) is 0 Å². The third-order valence-electron chi connectivity index (χ3n) is 5.55. The number of benzene rings is 1. The van der Waals surface area contributed by atoms with Gasteiger partial charge in [0.15, 0.2) is 0 Å². The van der Waals surface area contributed by atoms with Crippen LogP contribution in [-0.4, -0.2) is 15.5 Å². The first-order valence-electron chi connectivity index (χ1n) is 8.37. The predicted molar refractivity (Wildman–Crippen MR) is 88.6 cm³/mol. The minimum absolute atomic E-state index is 0. The van der Waals surface area contributed by atoms with Crippen molar-refractivity contribution in [2.45, 2.75) is 63.5 Å². The normalized spacial score (nSPS) is 25.2. The van der Waals surface area contributed by atoms with E-state index in [2.05, 4.69) is 4.98 Å². The maximum Gasteiger partial charge on any atom is 1.00 e. The summed E-state index contributed by atoms with van der Waals surface area (Å²) in [5.41, 5.74) is 9.33. The van der Waals surface area contributed by atoms with E-state index >= 15 is 0 Å². The molecule has 7 heteroatoms. The van der Waals surface area contributed by atoms with Crippen molar-refractivity contribution >= 4 is 10.9 Å². The summed E-state index contributed by atoms with van der Waals surface area (Å²) in [7, 11) is 0. The fourth-order valence-electron chi connectivity index (χ4n) is 4.38. The molecule has 1 fully saturated rings. The van der Waals surface area contributed by atoms with E-state index in [4.69, 9.17) is 5.73 Å². The summed E-state index contributed by atoms with van der Waals surface area (Å²) in [6.07, 6.45) is 0.549. The first-order valence-corrected chi connectivity index (χ1v) is 8.37. The Hall–Kier alpha value is -1.22. The van der Waals surface area contributed by atoms with Crippen molar-refractivity contribution in [3.05, 3.63) is 45.2 Å². The number of nitrogens with zero attached hydrogens (tertiary/aromatic N) is 2. The quantitative estimate of drug-likeness (QED) is 0.735. The van der Waals surface area contributed by atoms with Gasteiger partial charge in [0.05, 0.1) is 10.9 Å². The zero-order valence-corrected chi connectivity index (χ0v) is 14.8. The van der Waals surface area contributed by atoms with E-state index in [0.29, 0.717) is 41.7 Å². The molecule has 2 atom stereocenters. The van der Waals surface area contributed by atoms with Gasteiger partial charge in [-0.3, -0.25) is 9.36 Å². The van der Waals surface area contributed by atoms with Gasteiger partial charge in [0.1, 0.15) is 5.82 Å². The minimum atomic E-state index is -2.68. The topological polar surface area (TPSA) is 58.7 Å². The smallest absolute Gasteiger partial charge is 0.671 e. The summed E-state index contributed by atoms with van der Waals surface area (Å²) < 4.78 is 29.3. The Morgan fingerprint density at radius 1 is 1.28 bits per heavy atom. The number of fused-ring (bicyclic) bond motifs is 3. The van der Waals surface area contributed by atoms with Gasteiger partial charge in [-0.1, -0.05) is 13.0 Å². The first-order chi connectivity index (χ1) is 11.2. The molecule has 0 amide bonds. The van der Waals surface area contributed by atoms with E-state index in [1.165, 1.54) is 0 Å². The number of aromatic nitrogens is 2. The summed E-state index contributed by atoms with van der Waals surface area (Å²) >= 11 is 0. The van der Waals surface area contributed by atoms with Gasteiger partial charge in [0.25, 0.3) is 5.56 Å². The van der Waals surface area contributed by atoms with Crippen LogP contribution in [-0.2, 0) is 12.0 Å². The largest absolute Gasteiger partial charge is 1.00 e. The number of alkyl halides is 2. The summed E-state index contributed by atoms with van der Waals surface area (Å²) in [6.45, 7) is 4.08. The molecule has 4 nitrogen and oxygen atoms in total. The molecule has 1 saturated carbocycles. The average Bonchev–Trinajstić information content (AvgIpc) is 3.00. The summed E-state index contributed by atoms with van der Waals surface area (Å²) in [6, 6.07) is 3.14. The van der Waals surface area contributed by atoms with Crippen LogP contribution in [0.4, 0.5) is 8.78 Å². The van der Waals surface area contributed by atoms with Crippen LogP contribution in [0.2, 0.25) is 0 Å². The number of halogens is 2. The van der Waals surface area contributed by atoms with Gasteiger partial charge in [-0.2, -0.15) is 0 Å². The first kappa shape index (κ1) is 18.6. The van der Waals surface area contributed by atoms with Gasteiger partial charge in [0, 0.05) is 24.8 Å². The molecule has 1 aromatic carbocycles. The van der Waals surface area contributed by atoms with Crippen molar-refractivity contribution in [3.8, 4) is 0 Å². The van der Waals surface area contributed by atoms with Crippen molar-refractivity contribution in [1.82, 2.24) is 9.55 Å². The molecule has 2 aliphatic rings. The van der Waals surface area contributed by atoms with E-state index in [9.17, 15) is 13.6 Å². The predicted octanol–water partition coefficient (Wildman–Crippen LogP) is 1.28. The third kappa shape index (κ3) is 2.75. The van der Waals surface area contributed by atoms with E-state index in [-0.39, 0.29) is 37.3 Å². The van der Waals surface area contributed by atoms with Crippen molar-refractivity contribution < 1.29 is 27.6 Å². The maximum atomic E-state index is 13.9. The monoisotopic (exact) mass is 339 g/mol. The Bertz CT molecular complexity index is 909. The summed E-state index contributed by atoms with van der Waals surface area (Å²) in [5, 5.41) is 0.495. The Labute approximate surface area is 157 Å². The zero-order chi connectivity index (χ0) is 17.3. The van der Waals surface area contributed by atoms with Gasteiger partial charge < -0.3 is 5.73 Å². The molecule has 0 bridgehead atoms. The molecule has 1 aromatic heterocycles. The zero-order valence-electron chi connectivity index (χ0n) is 14.8. The van der Waals surface area contributed by atoms with Crippen LogP contribution in [0.15, 0.2) is 16.9 Å². The van der Waals surface area contributed by atoms with Gasteiger partial charge in [-0.25, -0.2) is 13.8 Å². The standard InChI is InChI=1S/C18H20F2N3O.Li/c1-10-7-12(11(2)21)14-13(8-10)15(24)23-6-5-17(16(23)22-14)3-4-18(19,20)9-17;/h7-8,11,21H,3-6,9H2,1-2H3;/q-1;+1/t11-,17+;/m1./s1. The summed E-state index contributed by atoms with van der Waals surface area (Å²) in [4.78, 5) is 17.6. The van der Waals surface area contributed by atoms with Crippen LogP contribution < -0.4 is 24.4 Å². The molecule has 128 valence electrons. The molecule has 1 aliphatic carbocycles. The second-order valence-electron chi connectivity index (χ2n) is 7.43. The number of aryl methyl sites for hydroxylation is 1. The molecule has 1 spiro atoms. The van der Waals surface area contributed by atoms with E-state index in [1.54, 1.807) is 17.6 Å². The van der Waals surface area contributed by atoms with Crippen molar-refractivity contribution in [2.24, 2.45) is 0 Å². The van der Waals surface area contributed by atoms with Crippen molar-refractivity contribution in [3.63, 3.8) is 0 Å². The molecule has 4 rings (SSSR count). The molecule has 2 heterocycles. The molecular formula is C18H20F2LiN3O. The van der Waals surface area contributed by atoms with E-state index < -0.39 is 17.4 Å². The second-order valence-corrected chi connectivity index (χ2v) is 7.43. The van der Waals surface area contributed by atoms with E-state index in [0.717, 1.165) is 5.56 Å². The fraction of sp³-hybridized carbons (Fsp3) is 0.556. The average molecular weight is 339 g/mol. The molecule has 0 saturated heterocycles. The second kappa shape index (κ2) is 5.90. The molecule has 0 unspecified atom stereocenters. The Morgan fingerprint density at radius 2 is 2.00 bits per heavy atom. The molecule has 1 aliphatic heterocycles. The minimum Gasteiger partial charge on any atom is -0.671 e. The third-order valence-corrected chi connectivity index (χ3v) is 5.55.